The van der Waals surface area contributed by atoms with E-state index in [1.54, 1.807) is 4.90 Å². The minimum Gasteiger partial charge on any atom is -0.465 e. The van der Waals surface area contributed by atoms with Crippen molar-refractivity contribution in [3.8, 4) is 0 Å². The first kappa shape index (κ1) is 20.2. The third-order valence-corrected chi connectivity index (χ3v) is 6.96. The van der Waals surface area contributed by atoms with Crippen LogP contribution in [-0.4, -0.2) is 64.8 Å². The van der Waals surface area contributed by atoms with Gasteiger partial charge in [-0.05, 0) is 30.2 Å². The summed E-state index contributed by atoms with van der Waals surface area (Å²) in [6, 6.07) is 9.74. The molecule has 3 aliphatic rings. The lowest BCUT2D eigenvalue weighted by Crippen LogP contribution is -2.58. The molecule has 0 aliphatic carbocycles. The van der Waals surface area contributed by atoms with Gasteiger partial charge in [0.15, 0.2) is 0 Å². The van der Waals surface area contributed by atoms with Crippen molar-refractivity contribution in [2.45, 2.75) is 57.6 Å². The number of hydrogen-bond acceptors (Lipinski definition) is 3. The van der Waals surface area contributed by atoms with Gasteiger partial charge in [-0.15, -0.1) is 0 Å². The van der Waals surface area contributed by atoms with E-state index in [1.807, 2.05) is 35.2 Å². The van der Waals surface area contributed by atoms with E-state index in [2.05, 4.69) is 20.8 Å². The summed E-state index contributed by atoms with van der Waals surface area (Å²) in [4.78, 5) is 29.2. The van der Waals surface area contributed by atoms with Gasteiger partial charge in [-0.25, -0.2) is 4.79 Å². The molecule has 4 rings (SSSR count). The van der Waals surface area contributed by atoms with Crippen LogP contribution in [-0.2, 0) is 9.53 Å². The lowest BCUT2D eigenvalue weighted by Gasteiger charge is -2.50. The van der Waals surface area contributed by atoms with E-state index in [0.29, 0.717) is 13.0 Å². The fraction of sp³-hybridized carbons (Fsp3) is 0.652. The van der Waals surface area contributed by atoms with Crippen LogP contribution in [0.4, 0.5) is 4.79 Å². The Bertz CT molecular complexity index is 759. The third kappa shape index (κ3) is 3.87. The number of benzene rings is 1. The van der Waals surface area contributed by atoms with Gasteiger partial charge < -0.3 is 19.6 Å². The molecule has 6 heteroatoms. The Morgan fingerprint density at radius 3 is 2.24 bits per heavy atom. The maximum absolute atomic E-state index is 13.6. The van der Waals surface area contributed by atoms with E-state index in [0.717, 1.165) is 38.1 Å². The standard InChI is InChI=1S/C23H32N2O4/c1-22(2,3)19-18(16-7-5-4-6-8-16)17(9-12-25(19)21(27)28)20(26)24-13-10-23(11-14-24)15-29-23/h4-8,17-19H,9-15H2,1-3H3,(H,27,28)/t17-,18+,19?/m0/s1. The number of rotatable bonds is 2. The average molecular weight is 401 g/mol. The monoisotopic (exact) mass is 400 g/mol. The summed E-state index contributed by atoms with van der Waals surface area (Å²) in [5.41, 5.74) is 0.803. The van der Waals surface area contributed by atoms with Gasteiger partial charge in [-0.2, -0.15) is 0 Å². The molecule has 0 saturated carbocycles. The van der Waals surface area contributed by atoms with Crippen LogP contribution < -0.4 is 0 Å². The number of epoxide rings is 1. The first-order chi connectivity index (χ1) is 13.7. The second-order valence-electron chi connectivity index (χ2n) is 9.92. The fourth-order valence-electron chi connectivity index (χ4n) is 5.36. The molecule has 0 aromatic heterocycles. The van der Waals surface area contributed by atoms with Crippen LogP contribution in [0.25, 0.3) is 0 Å². The molecule has 3 heterocycles. The number of nitrogens with zero attached hydrogens (tertiary/aromatic N) is 2. The number of carbonyl (C=O) groups excluding carboxylic acids is 1. The van der Waals surface area contributed by atoms with Crippen LogP contribution in [0.2, 0.25) is 0 Å². The molecule has 1 spiro atoms. The fourth-order valence-corrected chi connectivity index (χ4v) is 5.36. The summed E-state index contributed by atoms with van der Waals surface area (Å²) in [7, 11) is 0. The Morgan fingerprint density at radius 2 is 1.72 bits per heavy atom. The Kier molecular flexibility index (Phi) is 5.09. The van der Waals surface area contributed by atoms with Crippen molar-refractivity contribution in [3.05, 3.63) is 35.9 Å². The topological polar surface area (TPSA) is 73.4 Å². The SMILES string of the molecule is CC(C)(C)C1[C@H](c2ccccc2)[C@@H](C(=O)N2CCC3(CC2)CO3)CCN1C(=O)O. The number of piperidine rings is 2. The molecular formula is C23H32N2O4. The Hall–Kier alpha value is -2.08. The number of carboxylic acid groups (broad SMARTS) is 1. The third-order valence-electron chi connectivity index (χ3n) is 6.96. The molecule has 3 atom stereocenters. The van der Waals surface area contributed by atoms with Crippen LogP contribution in [0.3, 0.4) is 0 Å². The van der Waals surface area contributed by atoms with Gasteiger partial charge in [0.05, 0.1) is 12.2 Å². The van der Waals surface area contributed by atoms with E-state index >= 15 is 0 Å². The van der Waals surface area contributed by atoms with Crippen molar-refractivity contribution in [2.75, 3.05) is 26.2 Å². The van der Waals surface area contributed by atoms with Crippen LogP contribution in [0, 0.1) is 11.3 Å². The van der Waals surface area contributed by atoms with Gasteiger partial charge in [0, 0.05) is 37.5 Å². The van der Waals surface area contributed by atoms with Crippen molar-refractivity contribution in [2.24, 2.45) is 11.3 Å². The highest BCUT2D eigenvalue weighted by molar-refractivity contribution is 5.81. The highest BCUT2D eigenvalue weighted by Gasteiger charge is 2.51. The Labute approximate surface area is 172 Å². The van der Waals surface area contributed by atoms with E-state index in [-0.39, 0.29) is 34.8 Å². The van der Waals surface area contributed by atoms with Crippen molar-refractivity contribution < 1.29 is 19.4 Å². The molecule has 3 aliphatic heterocycles. The Morgan fingerprint density at radius 1 is 1.10 bits per heavy atom. The summed E-state index contributed by atoms with van der Waals surface area (Å²) in [5.74, 6) is -0.179. The molecule has 0 bridgehead atoms. The predicted molar refractivity (Wildman–Crippen MR) is 110 cm³/mol. The van der Waals surface area contributed by atoms with Gasteiger partial charge in [0.1, 0.15) is 0 Å². The van der Waals surface area contributed by atoms with Crippen LogP contribution >= 0.6 is 0 Å². The zero-order chi connectivity index (χ0) is 20.8. The van der Waals surface area contributed by atoms with E-state index < -0.39 is 6.09 Å². The molecule has 1 aromatic rings. The molecule has 29 heavy (non-hydrogen) atoms. The number of ether oxygens (including phenoxy) is 1. The van der Waals surface area contributed by atoms with Gasteiger partial charge in [-0.1, -0.05) is 51.1 Å². The first-order valence-corrected chi connectivity index (χ1v) is 10.7. The number of likely N-dealkylation sites (tertiary alicyclic amines) is 2. The van der Waals surface area contributed by atoms with E-state index in [1.165, 1.54) is 0 Å². The lowest BCUT2D eigenvalue weighted by atomic mass is 9.66. The molecule has 6 nitrogen and oxygen atoms in total. The minimum absolute atomic E-state index is 0.0379. The van der Waals surface area contributed by atoms with E-state index in [9.17, 15) is 14.7 Å². The number of amides is 2. The number of hydrogen-bond donors (Lipinski definition) is 1. The predicted octanol–water partition coefficient (Wildman–Crippen LogP) is 3.58. The van der Waals surface area contributed by atoms with Crippen LogP contribution in [0.15, 0.2) is 30.3 Å². The zero-order valence-corrected chi connectivity index (χ0v) is 17.6. The van der Waals surface area contributed by atoms with Crippen molar-refractivity contribution >= 4 is 12.0 Å². The lowest BCUT2D eigenvalue weighted by molar-refractivity contribution is -0.141. The minimum atomic E-state index is -0.900. The first-order valence-electron chi connectivity index (χ1n) is 10.7. The molecule has 1 N–H and O–H groups in total. The van der Waals surface area contributed by atoms with Crippen LogP contribution in [0.1, 0.15) is 51.5 Å². The van der Waals surface area contributed by atoms with Gasteiger partial charge in [-0.3, -0.25) is 4.79 Å². The average Bonchev–Trinajstić information content (AvgIpc) is 3.45. The summed E-state index contributed by atoms with van der Waals surface area (Å²) >= 11 is 0. The molecule has 1 unspecified atom stereocenters. The van der Waals surface area contributed by atoms with Gasteiger partial charge >= 0.3 is 6.09 Å². The summed E-state index contributed by atoms with van der Waals surface area (Å²) in [6.45, 7) is 8.92. The summed E-state index contributed by atoms with van der Waals surface area (Å²) in [6.07, 6.45) is 1.48. The molecule has 2 amide bonds. The zero-order valence-electron chi connectivity index (χ0n) is 17.6. The molecule has 1 aromatic carbocycles. The van der Waals surface area contributed by atoms with Crippen molar-refractivity contribution in [1.29, 1.82) is 0 Å². The van der Waals surface area contributed by atoms with Crippen LogP contribution in [0.5, 0.6) is 0 Å². The van der Waals surface area contributed by atoms with Gasteiger partial charge in [0.2, 0.25) is 5.91 Å². The molecule has 0 radical (unpaired) electrons. The highest BCUT2D eigenvalue weighted by Crippen LogP contribution is 2.46. The summed E-state index contributed by atoms with van der Waals surface area (Å²) in [5, 5.41) is 9.89. The largest absolute Gasteiger partial charge is 0.465 e. The quantitative estimate of drug-likeness (QED) is 0.770. The van der Waals surface area contributed by atoms with Gasteiger partial charge in [0.25, 0.3) is 0 Å². The van der Waals surface area contributed by atoms with Crippen molar-refractivity contribution in [3.63, 3.8) is 0 Å². The molecular weight excluding hydrogens is 368 g/mol. The summed E-state index contributed by atoms with van der Waals surface area (Å²) < 4.78 is 5.59. The molecule has 3 saturated heterocycles. The highest BCUT2D eigenvalue weighted by atomic mass is 16.6. The molecule has 3 fully saturated rings. The smallest absolute Gasteiger partial charge is 0.407 e. The Balaban J connectivity index is 1.66. The normalized spacial score (nSPS) is 29.0. The van der Waals surface area contributed by atoms with Crippen molar-refractivity contribution in [1.82, 2.24) is 9.80 Å². The molecule has 158 valence electrons. The second-order valence-corrected chi connectivity index (χ2v) is 9.92. The maximum Gasteiger partial charge on any atom is 0.407 e. The number of carbonyl (C=O) groups is 2. The maximum atomic E-state index is 13.6. The van der Waals surface area contributed by atoms with E-state index in [4.69, 9.17) is 4.74 Å². The second kappa shape index (κ2) is 7.31.